The lowest BCUT2D eigenvalue weighted by Gasteiger charge is -2.26. The average Bonchev–Trinajstić information content (AvgIpc) is 2.84. The molecule has 0 bridgehead atoms. The molecule has 3 aromatic rings. The number of aryl methyl sites for hydroxylation is 1. The number of hydrogen-bond donors (Lipinski definition) is 3. The minimum atomic E-state index is -0.928. The summed E-state index contributed by atoms with van der Waals surface area (Å²) in [5.41, 5.74) is 1.72. The summed E-state index contributed by atoms with van der Waals surface area (Å²) in [5, 5.41) is 14.6. The number of nitrogens with zero attached hydrogens (tertiary/aromatic N) is 1. The first-order valence-electron chi connectivity index (χ1n) is 10.7. The Kier molecular flexibility index (Phi) is 7.03. The summed E-state index contributed by atoms with van der Waals surface area (Å²) >= 11 is 6.11. The van der Waals surface area contributed by atoms with Crippen LogP contribution >= 0.6 is 11.6 Å². The summed E-state index contributed by atoms with van der Waals surface area (Å²) in [6, 6.07) is 16.2. The van der Waals surface area contributed by atoms with Gasteiger partial charge in [-0.25, -0.2) is 9.69 Å². The van der Waals surface area contributed by atoms with E-state index in [1.54, 1.807) is 12.1 Å². The van der Waals surface area contributed by atoms with Gasteiger partial charge in [0.05, 0.1) is 5.69 Å². The number of aromatic hydroxyl groups is 1. The molecule has 0 atom stereocenters. The van der Waals surface area contributed by atoms with Crippen LogP contribution in [0, 0.1) is 6.92 Å². The monoisotopic (exact) mass is 505 g/mol. The quantitative estimate of drug-likeness (QED) is 0.343. The lowest BCUT2D eigenvalue weighted by molar-refractivity contribution is -0.122. The van der Waals surface area contributed by atoms with Crippen LogP contribution in [0.15, 0.2) is 72.3 Å². The van der Waals surface area contributed by atoms with Gasteiger partial charge in [0, 0.05) is 16.3 Å². The number of hydrogen-bond acceptors (Lipinski definition) is 6. The second-order valence-corrected chi connectivity index (χ2v) is 8.30. The van der Waals surface area contributed by atoms with Gasteiger partial charge in [-0.1, -0.05) is 29.3 Å². The summed E-state index contributed by atoms with van der Waals surface area (Å²) in [5.74, 6) is -2.05. The number of phenols is 1. The molecule has 10 heteroatoms. The fourth-order valence-electron chi connectivity index (χ4n) is 3.39. The van der Waals surface area contributed by atoms with Crippen LogP contribution < -0.4 is 20.3 Å². The molecule has 4 rings (SSSR count). The van der Waals surface area contributed by atoms with E-state index in [9.17, 15) is 24.3 Å². The first kappa shape index (κ1) is 24.5. The number of carbonyl (C=O) groups is 4. The van der Waals surface area contributed by atoms with Gasteiger partial charge in [-0.2, -0.15) is 0 Å². The van der Waals surface area contributed by atoms with Gasteiger partial charge in [0.2, 0.25) is 0 Å². The Balaban J connectivity index is 1.57. The van der Waals surface area contributed by atoms with Crippen molar-refractivity contribution in [1.82, 2.24) is 5.32 Å². The van der Waals surface area contributed by atoms with Crippen molar-refractivity contribution in [2.24, 2.45) is 0 Å². The van der Waals surface area contributed by atoms with Crippen LogP contribution in [-0.2, 0) is 14.4 Å². The molecule has 9 nitrogen and oxygen atoms in total. The van der Waals surface area contributed by atoms with E-state index in [4.69, 9.17) is 16.3 Å². The number of ether oxygens (including phenoxy) is 1. The minimum Gasteiger partial charge on any atom is -0.508 e. The van der Waals surface area contributed by atoms with Crippen molar-refractivity contribution in [3.63, 3.8) is 0 Å². The Labute approximate surface area is 210 Å². The number of anilines is 2. The first-order chi connectivity index (χ1) is 17.2. The molecule has 0 aliphatic carbocycles. The molecule has 36 heavy (non-hydrogen) atoms. The van der Waals surface area contributed by atoms with Crippen molar-refractivity contribution in [1.29, 1.82) is 0 Å². The Morgan fingerprint density at radius 2 is 1.75 bits per heavy atom. The zero-order valence-electron chi connectivity index (χ0n) is 18.9. The van der Waals surface area contributed by atoms with Crippen LogP contribution in [0.25, 0.3) is 6.08 Å². The van der Waals surface area contributed by atoms with Crippen LogP contribution in [-0.4, -0.2) is 35.5 Å². The number of amides is 5. The first-order valence-corrected chi connectivity index (χ1v) is 11.1. The molecule has 3 aromatic carbocycles. The Hall–Kier alpha value is -4.63. The van der Waals surface area contributed by atoms with Crippen molar-refractivity contribution in [3.8, 4) is 11.5 Å². The lowest BCUT2D eigenvalue weighted by Crippen LogP contribution is -2.54. The number of benzene rings is 3. The van der Waals surface area contributed by atoms with Gasteiger partial charge in [-0.05, 0) is 67.6 Å². The molecule has 182 valence electrons. The average molecular weight is 506 g/mol. The van der Waals surface area contributed by atoms with Crippen LogP contribution in [0.1, 0.15) is 11.1 Å². The van der Waals surface area contributed by atoms with Gasteiger partial charge >= 0.3 is 6.03 Å². The molecule has 3 N–H and O–H groups in total. The third-order valence-corrected chi connectivity index (χ3v) is 5.41. The molecular formula is C26H20ClN3O6. The molecule has 1 heterocycles. The maximum atomic E-state index is 13.1. The number of rotatable bonds is 6. The van der Waals surface area contributed by atoms with Gasteiger partial charge in [0.25, 0.3) is 17.7 Å². The number of phenolic OH excluding ortho intramolecular Hbond substituents is 1. The van der Waals surface area contributed by atoms with Gasteiger partial charge < -0.3 is 15.2 Å². The van der Waals surface area contributed by atoms with E-state index in [0.717, 1.165) is 10.5 Å². The number of nitrogens with one attached hydrogen (secondary N) is 2. The minimum absolute atomic E-state index is 0.0532. The van der Waals surface area contributed by atoms with Crippen molar-refractivity contribution in [3.05, 3.63) is 88.5 Å². The fourth-order valence-corrected chi connectivity index (χ4v) is 3.57. The summed E-state index contributed by atoms with van der Waals surface area (Å²) in [6.45, 7) is 1.59. The highest BCUT2D eigenvalue weighted by Crippen LogP contribution is 2.28. The third kappa shape index (κ3) is 5.53. The third-order valence-electron chi connectivity index (χ3n) is 5.18. The van der Waals surface area contributed by atoms with Crippen molar-refractivity contribution in [2.75, 3.05) is 16.8 Å². The normalized spacial score (nSPS) is 14.6. The molecule has 0 aromatic heterocycles. The van der Waals surface area contributed by atoms with Gasteiger partial charge in [-0.15, -0.1) is 0 Å². The van der Waals surface area contributed by atoms with Crippen molar-refractivity contribution < 1.29 is 29.0 Å². The SMILES string of the molecule is Cc1ccc(NC(=O)COc2ccc(Cl)cc2/C=C2\C(=O)NC(=O)N(c3ccc(O)cc3)C2=O)cc1. The second kappa shape index (κ2) is 10.3. The Bertz CT molecular complexity index is 1380. The van der Waals surface area contributed by atoms with Gasteiger partial charge in [-0.3, -0.25) is 19.7 Å². The van der Waals surface area contributed by atoms with E-state index in [-0.39, 0.29) is 34.9 Å². The number of halogens is 1. The van der Waals surface area contributed by atoms with Gasteiger partial charge in [0.15, 0.2) is 6.61 Å². The molecule has 0 spiro atoms. The summed E-state index contributed by atoms with van der Waals surface area (Å²) in [4.78, 5) is 51.1. The van der Waals surface area contributed by atoms with Crippen LogP contribution in [0.3, 0.4) is 0 Å². The highest BCUT2D eigenvalue weighted by atomic mass is 35.5. The van der Waals surface area contributed by atoms with E-state index in [1.165, 1.54) is 48.5 Å². The predicted octanol–water partition coefficient (Wildman–Crippen LogP) is 4.04. The molecule has 1 aliphatic rings. The zero-order chi connectivity index (χ0) is 25.8. The summed E-state index contributed by atoms with van der Waals surface area (Å²) < 4.78 is 5.64. The Morgan fingerprint density at radius 1 is 1.06 bits per heavy atom. The topological polar surface area (TPSA) is 125 Å². The highest BCUT2D eigenvalue weighted by Gasteiger charge is 2.37. The van der Waals surface area contributed by atoms with Crippen LogP contribution in [0.4, 0.5) is 16.2 Å². The van der Waals surface area contributed by atoms with Crippen LogP contribution in [0.2, 0.25) is 5.02 Å². The maximum Gasteiger partial charge on any atom is 0.335 e. The molecule has 5 amide bonds. The van der Waals surface area contributed by atoms with E-state index >= 15 is 0 Å². The van der Waals surface area contributed by atoms with E-state index in [2.05, 4.69) is 10.6 Å². The number of urea groups is 1. The maximum absolute atomic E-state index is 13.1. The second-order valence-electron chi connectivity index (χ2n) is 7.86. The molecule has 1 aliphatic heterocycles. The fraction of sp³-hybridized carbons (Fsp3) is 0.0769. The number of carbonyl (C=O) groups excluding carboxylic acids is 4. The smallest absolute Gasteiger partial charge is 0.335 e. The van der Waals surface area contributed by atoms with E-state index < -0.39 is 23.8 Å². The number of imide groups is 2. The molecule has 1 fully saturated rings. The van der Waals surface area contributed by atoms with Crippen molar-refractivity contribution in [2.45, 2.75) is 6.92 Å². The highest BCUT2D eigenvalue weighted by molar-refractivity contribution is 6.39. The van der Waals surface area contributed by atoms with Crippen LogP contribution in [0.5, 0.6) is 11.5 Å². The molecule has 1 saturated heterocycles. The molecule has 0 saturated carbocycles. The lowest BCUT2D eigenvalue weighted by atomic mass is 10.1. The predicted molar refractivity (Wildman–Crippen MR) is 134 cm³/mol. The van der Waals surface area contributed by atoms with E-state index in [1.807, 2.05) is 19.1 Å². The zero-order valence-corrected chi connectivity index (χ0v) is 19.7. The number of barbiturate groups is 1. The molecular weight excluding hydrogens is 486 g/mol. The van der Waals surface area contributed by atoms with Crippen molar-refractivity contribution >= 4 is 52.8 Å². The largest absolute Gasteiger partial charge is 0.508 e. The Morgan fingerprint density at radius 3 is 2.44 bits per heavy atom. The van der Waals surface area contributed by atoms with Gasteiger partial charge in [0.1, 0.15) is 17.1 Å². The summed E-state index contributed by atoms with van der Waals surface area (Å²) in [7, 11) is 0. The molecule has 0 radical (unpaired) electrons. The standard InChI is InChI=1S/C26H20ClN3O6/c1-15-2-5-18(6-3-15)28-23(32)14-36-22-11-4-17(27)12-16(22)13-21-24(33)29-26(35)30(25(21)34)19-7-9-20(31)10-8-19/h2-13,31H,14H2,1H3,(H,28,32)(H,29,33,35)/b21-13+. The summed E-state index contributed by atoms with van der Waals surface area (Å²) in [6.07, 6.45) is 1.23. The molecule has 0 unspecified atom stereocenters. The van der Waals surface area contributed by atoms with E-state index in [0.29, 0.717) is 10.7 Å².